The largest absolute Gasteiger partial charge is 0.461 e. The highest BCUT2D eigenvalue weighted by atomic mass is 16.5. The van der Waals surface area contributed by atoms with E-state index in [4.69, 9.17) is 4.74 Å². The molecule has 0 aliphatic carbocycles. The van der Waals surface area contributed by atoms with E-state index in [1.807, 2.05) is 25.1 Å². The van der Waals surface area contributed by atoms with E-state index >= 15 is 0 Å². The van der Waals surface area contributed by atoms with Crippen molar-refractivity contribution < 1.29 is 9.53 Å². The number of rotatable bonds is 2. The van der Waals surface area contributed by atoms with Crippen molar-refractivity contribution in [3.63, 3.8) is 0 Å². The fourth-order valence-corrected chi connectivity index (χ4v) is 3.87. The van der Waals surface area contributed by atoms with Crippen LogP contribution in [0.15, 0.2) is 54.7 Å². The van der Waals surface area contributed by atoms with Crippen LogP contribution in [-0.4, -0.2) is 22.1 Å². The van der Waals surface area contributed by atoms with E-state index in [1.54, 1.807) is 6.20 Å². The molecule has 2 aromatic heterocycles. The Morgan fingerprint density at radius 3 is 2.80 bits per heavy atom. The van der Waals surface area contributed by atoms with Crippen molar-refractivity contribution in [1.82, 2.24) is 9.55 Å². The van der Waals surface area contributed by atoms with Crippen LogP contribution in [0.4, 0.5) is 0 Å². The molecule has 0 spiro atoms. The maximum absolute atomic E-state index is 12.4. The van der Waals surface area contributed by atoms with Gasteiger partial charge in [0.05, 0.1) is 17.6 Å². The predicted octanol–water partition coefficient (Wildman–Crippen LogP) is 4.26. The molecule has 0 amide bonds. The van der Waals surface area contributed by atoms with Gasteiger partial charge in [-0.3, -0.25) is 0 Å². The zero-order chi connectivity index (χ0) is 17.0. The lowest BCUT2D eigenvalue weighted by Gasteiger charge is -2.21. The van der Waals surface area contributed by atoms with Gasteiger partial charge in [0.25, 0.3) is 0 Å². The Morgan fingerprint density at radius 2 is 1.92 bits per heavy atom. The normalized spacial score (nSPS) is 12.4. The molecule has 0 fully saturated rings. The first-order chi connectivity index (χ1) is 12.3. The van der Waals surface area contributed by atoms with Crippen molar-refractivity contribution in [2.75, 3.05) is 6.61 Å². The van der Waals surface area contributed by atoms with Gasteiger partial charge >= 0.3 is 5.97 Å². The van der Waals surface area contributed by atoms with Gasteiger partial charge in [0.15, 0.2) is 5.69 Å². The first-order valence-electron chi connectivity index (χ1n) is 8.46. The van der Waals surface area contributed by atoms with Gasteiger partial charge in [-0.1, -0.05) is 36.4 Å². The molecule has 0 N–H and O–H groups in total. The molecule has 0 radical (unpaired) electrons. The molecule has 1 aliphatic rings. The minimum absolute atomic E-state index is 0.345. The average Bonchev–Trinajstić information content (AvgIpc) is 2.99. The second-order valence-corrected chi connectivity index (χ2v) is 6.23. The van der Waals surface area contributed by atoms with E-state index in [0.29, 0.717) is 18.7 Å². The number of fused-ring (bicyclic) bond motifs is 5. The fraction of sp³-hybridized carbons (Fsp3) is 0.143. The van der Waals surface area contributed by atoms with E-state index in [1.165, 1.54) is 11.3 Å². The number of para-hydroxylation sites is 2. The Hall–Kier alpha value is -3.14. The van der Waals surface area contributed by atoms with Gasteiger partial charge in [0.1, 0.15) is 0 Å². The van der Waals surface area contributed by atoms with Gasteiger partial charge in [-0.25, -0.2) is 9.78 Å². The number of carbonyl (C=O) groups excluding carboxylic acids is 1. The van der Waals surface area contributed by atoms with Crippen molar-refractivity contribution in [2.45, 2.75) is 13.3 Å². The zero-order valence-corrected chi connectivity index (χ0v) is 13.8. The Bertz CT molecular complexity index is 1160. The summed E-state index contributed by atoms with van der Waals surface area (Å²) < 4.78 is 7.49. The molecule has 4 heteroatoms. The van der Waals surface area contributed by atoms with Crippen LogP contribution in [0.5, 0.6) is 0 Å². The number of hydrogen-bond acceptors (Lipinski definition) is 3. The Balaban J connectivity index is 1.96. The van der Waals surface area contributed by atoms with E-state index in [-0.39, 0.29) is 5.97 Å². The molecule has 4 aromatic rings. The number of benzene rings is 2. The molecule has 1 aliphatic heterocycles. The van der Waals surface area contributed by atoms with Crippen LogP contribution in [0.2, 0.25) is 0 Å². The molecule has 2 aromatic carbocycles. The van der Waals surface area contributed by atoms with Gasteiger partial charge in [-0.15, -0.1) is 0 Å². The SMILES string of the molecule is CCOC(=O)c1ncc2c3ccccc3n3c2c1Cc1ccccc1-3. The summed E-state index contributed by atoms with van der Waals surface area (Å²) in [4.78, 5) is 16.9. The lowest BCUT2D eigenvalue weighted by Crippen LogP contribution is -2.15. The summed E-state index contributed by atoms with van der Waals surface area (Å²) in [6, 6.07) is 16.6. The molecule has 25 heavy (non-hydrogen) atoms. The second kappa shape index (κ2) is 5.18. The van der Waals surface area contributed by atoms with Crippen LogP contribution < -0.4 is 0 Å². The Morgan fingerprint density at radius 1 is 1.12 bits per heavy atom. The Kier molecular flexibility index (Phi) is 2.95. The van der Waals surface area contributed by atoms with Crippen molar-refractivity contribution >= 4 is 27.8 Å². The third-order valence-corrected chi connectivity index (χ3v) is 4.88. The van der Waals surface area contributed by atoms with E-state index in [9.17, 15) is 4.79 Å². The van der Waals surface area contributed by atoms with Crippen molar-refractivity contribution in [3.05, 3.63) is 71.5 Å². The number of aromatic nitrogens is 2. The summed E-state index contributed by atoms with van der Waals surface area (Å²) in [5, 5.41) is 2.23. The first-order valence-corrected chi connectivity index (χ1v) is 8.46. The molecule has 0 saturated heterocycles. The highest BCUT2D eigenvalue weighted by molar-refractivity contribution is 6.12. The molecule has 0 bridgehead atoms. The fourth-order valence-electron chi connectivity index (χ4n) is 3.87. The van der Waals surface area contributed by atoms with E-state index in [0.717, 1.165) is 27.4 Å². The lowest BCUT2D eigenvalue weighted by atomic mass is 9.96. The lowest BCUT2D eigenvalue weighted by molar-refractivity contribution is 0.0518. The van der Waals surface area contributed by atoms with Crippen LogP contribution in [0.1, 0.15) is 28.5 Å². The minimum atomic E-state index is -0.351. The second-order valence-electron chi connectivity index (χ2n) is 6.23. The maximum Gasteiger partial charge on any atom is 0.357 e. The summed E-state index contributed by atoms with van der Waals surface area (Å²) >= 11 is 0. The van der Waals surface area contributed by atoms with Crippen LogP contribution >= 0.6 is 0 Å². The van der Waals surface area contributed by atoms with Crippen molar-refractivity contribution in [2.24, 2.45) is 0 Å². The topological polar surface area (TPSA) is 44.1 Å². The monoisotopic (exact) mass is 328 g/mol. The number of nitrogens with zero attached hydrogens (tertiary/aromatic N) is 2. The minimum Gasteiger partial charge on any atom is -0.461 e. The molecular weight excluding hydrogens is 312 g/mol. The van der Waals surface area contributed by atoms with E-state index < -0.39 is 0 Å². The predicted molar refractivity (Wildman–Crippen MR) is 97.3 cm³/mol. The van der Waals surface area contributed by atoms with Crippen LogP contribution in [0, 0.1) is 0 Å². The average molecular weight is 328 g/mol. The summed E-state index contributed by atoms with van der Waals surface area (Å²) in [5.41, 5.74) is 5.93. The number of esters is 1. The number of ether oxygens (including phenoxy) is 1. The standard InChI is InChI=1S/C21H16N2O2/c1-2-25-21(24)19-15-11-13-7-3-5-9-17(13)23-18-10-6-4-8-14(18)16(12-22-19)20(15)23/h3-10,12H,2,11H2,1H3. The Labute approximate surface area is 144 Å². The van der Waals surface area contributed by atoms with Crippen molar-refractivity contribution in [3.8, 4) is 5.69 Å². The van der Waals surface area contributed by atoms with Crippen molar-refractivity contribution in [1.29, 1.82) is 0 Å². The summed E-state index contributed by atoms with van der Waals surface area (Å²) in [6.07, 6.45) is 2.49. The molecule has 0 saturated carbocycles. The van der Waals surface area contributed by atoms with Gasteiger partial charge in [-0.2, -0.15) is 0 Å². The summed E-state index contributed by atoms with van der Waals surface area (Å²) in [7, 11) is 0. The third-order valence-electron chi connectivity index (χ3n) is 4.88. The quantitative estimate of drug-likeness (QED) is 0.455. The van der Waals surface area contributed by atoms with Gasteiger partial charge < -0.3 is 9.30 Å². The molecule has 0 atom stereocenters. The highest BCUT2D eigenvalue weighted by Gasteiger charge is 2.27. The zero-order valence-electron chi connectivity index (χ0n) is 13.8. The number of carbonyl (C=O) groups is 1. The molecule has 3 heterocycles. The number of pyridine rings is 1. The van der Waals surface area contributed by atoms with Gasteiger partial charge in [-0.05, 0) is 24.6 Å². The van der Waals surface area contributed by atoms with Gasteiger partial charge in [0.2, 0.25) is 0 Å². The summed E-state index contributed by atoms with van der Waals surface area (Å²) in [5.74, 6) is -0.351. The molecule has 0 unspecified atom stereocenters. The third kappa shape index (κ3) is 1.88. The molecule has 5 rings (SSSR count). The molecule has 4 nitrogen and oxygen atoms in total. The highest BCUT2D eigenvalue weighted by Crippen LogP contribution is 2.39. The van der Waals surface area contributed by atoms with Crippen LogP contribution in [0.3, 0.4) is 0 Å². The summed E-state index contributed by atoms with van der Waals surface area (Å²) in [6.45, 7) is 2.16. The van der Waals surface area contributed by atoms with Gasteiger partial charge in [0, 0.05) is 34.6 Å². The van der Waals surface area contributed by atoms with Crippen LogP contribution in [0.25, 0.3) is 27.5 Å². The smallest absolute Gasteiger partial charge is 0.357 e. The molecule has 122 valence electrons. The number of hydrogen-bond donors (Lipinski definition) is 0. The molecular formula is C21H16N2O2. The first kappa shape index (κ1) is 14.2. The maximum atomic E-state index is 12.4. The van der Waals surface area contributed by atoms with Crippen LogP contribution in [-0.2, 0) is 11.2 Å². The van der Waals surface area contributed by atoms with E-state index in [2.05, 4.69) is 39.9 Å².